The highest BCUT2D eigenvalue weighted by Gasteiger charge is 2.07. The van der Waals surface area contributed by atoms with Crippen LogP contribution >= 0.6 is 27.3 Å². The lowest BCUT2D eigenvalue weighted by molar-refractivity contribution is 0.539. The molecule has 0 aliphatic heterocycles. The number of hydrogen-bond donors (Lipinski definition) is 1. The molecule has 0 saturated heterocycles. The van der Waals surface area contributed by atoms with Gasteiger partial charge in [0.25, 0.3) is 0 Å². The summed E-state index contributed by atoms with van der Waals surface area (Å²) in [6, 6.07) is 6.70. The van der Waals surface area contributed by atoms with E-state index in [1.165, 1.54) is 11.3 Å². The van der Waals surface area contributed by atoms with Crippen molar-refractivity contribution in [3.8, 4) is 0 Å². The molecule has 3 aromatic rings. The van der Waals surface area contributed by atoms with Crippen LogP contribution in [0.1, 0.15) is 18.2 Å². The molecule has 0 fully saturated rings. The topological polar surface area (TPSA) is 29.3 Å². The second kappa shape index (κ2) is 6.08. The van der Waals surface area contributed by atoms with E-state index in [0.717, 1.165) is 23.1 Å². The quantitative estimate of drug-likeness (QED) is 0.757. The molecule has 3 nitrogen and oxygen atoms in total. The third kappa shape index (κ3) is 3.11. The van der Waals surface area contributed by atoms with E-state index in [9.17, 15) is 0 Å². The van der Waals surface area contributed by atoms with Crippen LogP contribution in [-0.4, -0.2) is 15.4 Å². The zero-order valence-electron chi connectivity index (χ0n) is 11.2. The van der Waals surface area contributed by atoms with Crippen molar-refractivity contribution in [3.63, 3.8) is 0 Å². The number of nitrogens with zero attached hydrogens (tertiary/aromatic N) is 2. The Bertz CT molecular complexity index is 690. The average Bonchev–Trinajstić information content (AvgIpc) is 3.05. The Morgan fingerprint density at radius 1 is 1.45 bits per heavy atom. The summed E-state index contributed by atoms with van der Waals surface area (Å²) in [4.78, 5) is 4.43. The Labute approximate surface area is 130 Å². The first-order chi connectivity index (χ1) is 9.72. The van der Waals surface area contributed by atoms with Crippen LogP contribution in [0, 0.1) is 0 Å². The van der Waals surface area contributed by atoms with Gasteiger partial charge in [0.2, 0.25) is 0 Å². The minimum Gasteiger partial charge on any atom is -0.308 e. The number of thiophene rings is 1. The Morgan fingerprint density at radius 2 is 2.35 bits per heavy atom. The zero-order chi connectivity index (χ0) is 13.9. The normalized spacial score (nSPS) is 12.9. The molecule has 0 saturated carbocycles. The van der Waals surface area contributed by atoms with E-state index >= 15 is 0 Å². The number of nitrogens with one attached hydrogen (secondary N) is 1. The van der Waals surface area contributed by atoms with Gasteiger partial charge in [0.1, 0.15) is 5.65 Å². The largest absolute Gasteiger partial charge is 0.308 e. The van der Waals surface area contributed by atoms with Crippen molar-refractivity contribution < 1.29 is 0 Å². The maximum atomic E-state index is 4.43. The molecule has 0 spiro atoms. The van der Waals surface area contributed by atoms with Crippen molar-refractivity contribution in [1.29, 1.82) is 0 Å². The fraction of sp³-hybridized carbons (Fsp3) is 0.267. The highest BCUT2D eigenvalue weighted by molar-refractivity contribution is 9.10. The minimum atomic E-state index is 0.450. The molecule has 1 atom stereocenters. The van der Waals surface area contributed by atoms with Crippen LogP contribution in [0.5, 0.6) is 0 Å². The number of aromatic nitrogens is 2. The van der Waals surface area contributed by atoms with Gasteiger partial charge in [0.05, 0.1) is 11.9 Å². The van der Waals surface area contributed by atoms with Gasteiger partial charge in [-0.1, -0.05) is 15.9 Å². The van der Waals surface area contributed by atoms with Crippen molar-refractivity contribution >= 4 is 32.9 Å². The van der Waals surface area contributed by atoms with Crippen molar-refractivity contribution in [2.45, 2.75) is 25.9 Å². The van der Waals surface area contributed by atoms with Gasteiger partial charge in [-0.2, -0.15) is 11.3 Å². The van der Waals surface area contributed by atoms with Crippen molar-refractivity contribution in [3.05, 3.63) is 57.1 Å². The van der Waals surface area contributed by atoms with Gasteiger partial charge in [0, 0.05) is 23.3 Å². The summed E-state index contributed by atoms with van der Waals surface area (Å²) in [5, 5.41) is 7.90. The van der Waals surface area contributed by atoms with Gasteiger partial charge < -0.3 is 9.72 Å². The Kier molecular flexibility index (Phi) is 4.19. The van der Waals surface area contributed by atoms with Crippen LogP contribution in [0.3, 0.4) is 0 Å². The molecule has 3 rings (SSSR count). The first-order valence-electron chi connectivity index (χ1n) is 6.58. The first kappa shape index (κ1) is 13.8. The third-order valence-electron chi connectivity index (χ3n) is 3.31. The van der Waals surface area contributed by atoms with Gasteiger partial charge in [-0.05, 0) is 47.9 Å². The van der Waals surface area contributed by atoms with Crippen LogP contribution in [0.2, 0.25) is 0 Å². The molecule has 0 amide bonds. The third-order valence-corrected chi connectivity index (χ3v) is 4.53. The molecule has 0 bridgehead atoms. The number of fused-ring (bicyclic) bond motifs is 1. The minimum absolute atomic E-state index is 0.450. The number of rotatable bonds is 5. The van der Waals surface area contributed by atoms with Crippen molar-refractivity contribution in [2.75, 3.05) is 0 Å². The summed E-state index contributed by atoms with van der Waals surface area (Å²) in [6.45, 7) is 3.05. The fourth-order valence-corrected chi connectivity index (χ4v) is 3.26. The number of hydrogen-bond acceptors (Lipinski definition) is 3. The average molecular weight is 350 g/mol. The van der Waals surface area contributed by atoms with Gasteiger partial charge >= 0.3 is 0 Å². The number of halogens is 1. The van der Waals surface area contributed by atoms with E-state index in [-0.39, 0.29) is 0 Å². The van der Waals surface area contributed by atoms with Gasteiger partial charge in [-0.3, -0.25) is 0 Å². The smallest absolute Gasteiger partial charge is 0.138 e. The lowest BCUT2D eigenvalue weighted by Gasteiger charge is -2.12. The molecule has 0 aliphatic rings. The number of imidazole rings is 1. The highest BCUT2D eigenvalue weighted by atomic mass is 79.9. The molecule has 1 N–H and O–H groups in total. The Hall–Kier alpha value is -1.17. The van der Waals surface area contributed by atoms with Gasteiger partial charge in [-0.25, -0.2) is 4.98 Å². The molecule has 0 unspecified atom stereocenters. The molecule has 3 aromatic heterocycles. The summed E-state index contributed by atoms with van der Waals surface area (Å²) in [5.74, 6) is 0. The second-order valence-corrected chi connectivity index (χ2v) is 6.64. The molecule has 20 heavy (non-hydrogen) atoms. The maximum Gasteiger partial charge on any atom is 0.138 e. The monoisotopic (exact) mass is 349 g/mol. The van der Waals surface area contributed by atoms with Crippen LogP contribution in [0.15, 0.2) is 45.8 Å². The van der Waals surface area contributed by atoms with Crippen LogP contribution in [-0.2, 0) is 13.0 Å². The molecular formula is C15H16BrN3S. The molecule has 5 heteroatoms. The highest BCUT2D eigenvalue weighted by Crippen LogP contribution is 2.14. The SMILES string of the molecule is C[C@@H](Cc1ccsc1)NCc1cnc2cc(Br)ccn12. The predicted octanol–water partition coefficient (Wildman–Crippen LogP) is 3.88. The Morgan fingerprint density at radius 3 is 3.15 bits per heavy atom. The van der Waals surface area contributed by atoms with Crippen molar-refractivity contribution in [1.82, 2.24) is 14.7 Å². The molecule has 0 radical (unpaired) electrons. The van der Waals surface area contributed by atoms with E-state index in [1.807, 2.05) is 24.5 Å². The lowest BCUT2D eigenvalue weighted by atomic mass is 10.1. The summed E-state index contributed by atoms with van der Waals surface area (Å²) < 4.78 is 3.18. The van der Waals surface area contributed by atoms with Gasteiger partial charge in [0.15, 0.2) is 0 Å². The predicted molar refractivity (Wildman–Crippen MR) is 87.2 cm³/mol. The van der Waals surface area contributed by atoms with E-state index < -0.39 is 0 Å². The van der Waals surface area contributed by atoms with Crippen LogP contribution < -0.4 is 5.32 Å². The zero-order valence-corrected chi connectivity index (χ0v) is 13.6. The number of pyridine rings is 1. The van der Waals surface area contributed by atoms with Crippen LogP contribution in [0.25, 0.3) is 5.65 Å². The molecule has 3 heterocycles. The van der Waals surface area contributed by atoms with E-state index in [0.29, 0.717) is 6.04 Å². The molecule has 0 aromatic carbocycles. The molecule has 0 aliphatic carbocycles. The maximum absolute atomic E-state index is 4.43. The summed E-state index contributed by atoms with van der Waals surface area (Å²) in [5.41, 5.74) is 3.56. The van der Waals surface area contributed by atoms with E-state index in [1.54, 1.807) is 11.3 Å². The van der Waals surface area contributed by atoms with E-state index in [4.69, 9.17) is 0 Å². The molecular weight excluding hydrogens is 334 g/mol. The second-order valence-electron chi connectivity index (χ2n) is 4.94. The molecule has 104 valence electrons. The van der Waals surface area contributed by atoms with Gasteiger partial charge in [-0.15, -0.1) is 0 Å². The summed E-state index contributed by atoms with van der Waals surface area (Å²) in [6.07, 6.45) is 5.05. The van der Waals surface area contributed by atoms with E-state index in [2.05, 4.69) is 54.4 Å². The summed E-state index contributed by atoms with van der Waals surface area (Å²) >= 11 is 5.22. The van der Waals surface area contributed by atoms with Crippen LogP contribution in [0.4, 0.5) is 0 Å². The Balaban J connectivity index is 1.65. The lowest BCUT2D eigenvalue weighted by Crippen LogP contribution is -2.27. The van der Waals surface area contributed by atoms with Crippen molar-refractivity contribution in [2.24, 2.45) is 0 Å². The standard InChI is InChI=1S/C15H16BrN3S/c1-11(6-12-3-5-20-10-12)17-8-14-9-18-15-7-13(16)2-4-19(14)15/h2-5,7,9-11,17H,6,8H2,1H3/t11-/m0/s1. The first-order valence-corrected chi connectivity index (χ1v) is 8.32. The fourth-order valence-electron chi connectivity index (χ4n) is 2.25. The summed E-state index contributed by atoms with van der Waals surface area (Å²) in [7, 11) is 0.